The van der Waals surface area contributed by atoms with Crippen LogP contribution in [0.1, 0.15) is 30.9 Å². The van der Waals surface area contributed by atoms with Gasteiger partial charge in [-0.15, -0.1) is 0 Å². The molecule has 1 unspecified atom stereocenters. The van der Waals surface area contributed by atoms with E-state index in [-0.39, 0.29) is 30.0 Å². The predicted molar refractivity (Wildman–Crippen MR) is 161 cm³/mol. The van der Waals surface area contributed by atoms with Gasteiger partial charge in [-0.1, -0.05) is 61.9 Å². The molecule has 1 N–H and O–H groups in total. The fourth-order valence-electron chi connectivity index (χ4n) is 4.46. The fourth-order valence-corrected chi connectivity index (χ4v) is 5.31. The Kier molecular flexibility index (Phi) is 11.7. The predicted octanol–water partition coefficient (Wildman–Crippen LogP) is 4.17. The van der Waals surface area contributed by atoms with Gasteiger partial charge in [-0.25, -0.2) is 12.8 Å². The number of ether oxygens (including phenoxy) is 2. The first-order valence-corrected chi connectivity index (χ1v) is 15.5. The zero-order valence-corrected chi connectivity index (χ0v) is 25.2. The Bertz CT molecular complexity index is 1450. The van der Waals surface area contributed by atoms with Crippen molar-refractivity contribution in [2.45, 2.75) is 38.8 Å². The van der Waals surface area contributed by atoms with Crippen LogP contribution in [0.2, 0.25) is 0 Å². The lowest BCUT2D eigenvalue weighted by Crippen LogP contribution is -2.53. The van der Waals surface area contributed by atoms with Gasteiger partial charge in [-0.05, 0) is 30.2 Å². The summed E-state index contributed by atoms with van der Waals surface area (Å²) in [7, 11) is -1.17. The number of carbonyl (C=O) groups is 2. The van der Waals surface area contributed by atoms with Crippen molar-refractivity contribution in [1.29, 1.82) is 0 Å². The lowest BCUT2D eigenvalue weighted by molar-refractivity contribution is -0.140. The summed E-state index contributed by atoms with van der Waals surface area (Å²) < 4.78 is 52.5. The molecule has 3 aromatic rings. The van der Waals surface area contributed by atoms with Crippen LogP contribution in [0.4, 0.5) is 10.1 Å². The summed E-state index contributed by atoms with van der Waals surface area (Å²) in [6, 6.07) is 18.6. The summed E-state index contributed by atoms with van der Waals surface area (Å²) in [5.41, 5.74) is 1.10. The van der Waals surface area contributed by atoms with Gasteiger partial charge in [-0.3, -0.25) is 13.9 Å². The van der Waals surface area contributed by atoms with E-state index in [0.29, 0.717) is 12.3 Å². The first-order valence-electron chi connectivity index (χ1n) is 13.6. The molecule has 0 radical (unpaired) electrons. The Morgan fingerprint density at radius 1 is 0.976 bits per heavy atom. The molecule has 3 rings (SSSR count). The number of unbranched alkanes of at least 4 members (excludes halogenated alkanes) is 1. The minimum absolute atomic E-state index is 0.118. The van der Waals surface area contributed by atoms with E-state index in [1.54, 1.807) is 12.1 Å². The molecule has 0 spiro atoms. The highest BCUT2D eigenvalue weighted by atomic mass is 32.2. The molecule has 0 fully saturated rings. The molecule has 0 aliphatic heterocycles. The first-order chi connectivity index (χ1) is 20.1. The third kappa shape index (κ3) is 8.69. The molecule has 9 nitrogen and oxygen atoms in total. The van der Waals surface area contributed by atoms with E-state index < -0.39 is 40.2 Å². The van der Waals surface area contributed by atoms with E-state index in [1.165, 1.54) is 49.5 Å². The SMILES string of the molecule is CCCCNC(=O)C(Cc1ccccc1)N(Cc1ccccc1F)C(=O)CN(c1ccc(OC)cc1OC)S(C)(=O)=O. The monoisotopic (exact) mass is 599 g/mol. The quantitative estimate of drug-likeness (QED) is 0.263. The molecule has 226 valence electrons. The number of sulfonamides is 1. The number of nitrogens with one attached hydrogen (secondary N) is 1. The van der Waals surface area contributed by atoms with Crippen LogP contribution in [0.3, 0.4) is 0 Å². The number of anilines is 1. The minimum Gasteiger partial charge on any atom is -0.497 e. The summed E-state index contributed by atoms with van der Waals surface area (Å²) in [5.74, 6) is -1.04. The lowest BCUT2D eigenvalue weighted by Gasteiger charge is -2.33. The van der Waals surface area contributed by atoms with Crippen LogP contribution in [-0.2, 0) is 32.6 Å². The number of rotatable bonds is 15. The second-order valence-corrected chi connectivity index (χ2v) is 11.7. The molecule has 0 aliphatic carbocycles. The van der Waals surface area contributed by atoms with Crippen LogP contribution in [0.5, 0.6) is 11.5 Å². The zero-order chi connectivity index (χ0) is 30.7. The molecule has 0 heterocycles. The van der Waals surface area contributed by atoms with Gasteiger partial charge in [0.15, 0.2) is 0 Å². The fraction of sp³-hybridized carbons (Fsp3) is 0.355. The molecule has 11 heteroatoms. The van der Waals surface area contributed by atoms with Crippen molar-refractivity contribution >= 4 is 27.5 Å². The van der Waals surface area contributed by atoms with Crippen molar-refractivity contribution < 1.29 is 31.9 Å². The largest absolute Gasteiger partial charge is 0.497 e. The van der Waals surface area contributed by atoms with E-state index in [9.17, 15) is 22.4 Å². The molecular formula is C31H38FN3O6S. The molecule has 42 heavy (non-hydrogen) atoms. The highest BCUT2D eigenvalue weighted by Crippen LogP contribution is 2.34. The molecule has 0 saturated heterocycles. The number of benzene rings is 3. The zero-order valence-electron chi connectivity index (χ0n) is 24.4. The van der Waals surface area contributed by atoms with Crippen molar-refractivity contribution in [2.75, 3.05) is 37.9 Å². The Morgan fingerprint density at radius 2 is 1.67 bits per heavy atom. The van der Waals surface area contributed by atoms with E-state index in [4.69, 9.17) is 9.47 Å². The van der Waals surface area contributed by atoms with Gasteiger partial charge in [0.2, 0.25) is 21.8 Å². The number of carbonyl (C=O) groups excluding carboxylic acids is 2. The second kappa shape index (κ2) is 15.2. The second-order valence-electron chi connectivity index (χ2n) is 9.77. The van der Waals surface area contributed by atoms with Crippen molar-refractivity contribution in [3.05, 3.63) is 89.7 Å². The summed E-state index contributed by atoms with van der Waals surface area (Å²) in [6.07, 6.45) is 2.71. The summed E-state index contributed by atoms with van der Waals surface area (Å²) >= 11 is 0. The maximum Gasteiger partial charge on any atom is 0.244 e. The van der Waals surface area contributed by atoms with Crippen LogP contribution >= 0.6 is 0 Å². The van der Waals surface area contributed by atoms with E-state index in [1.807, 2.05) is 37.3 Å². The molecule has 3 aromatic carbocycles. The van der Waals surface area contributed by atoms with E-state index >= 15 is 0 Å². The van der Waals surface area contributed by atoms with Crippen molar-refractivity contribution in [3.8, 4) is 11.5 Å². The third-order valence-electron chi connectivity index (χ3n) is 6.73. The number of hydrogen-bond acceptors (Lipinski definition) is 6. The van der Waals surface area contributed by atoms with Gasteiger partial charge in [0.05, 0.1) is 26.2 Å². The molecule has 2 amide bonds. The van der Waals surface area contributed by atoms with Crippen molar-refractivity contribution in [2.24, 2.45) is 0 Å². The number of hydrogen-bond donors (Lipinski definition) is 1. The summed E-state index contributed by atoms with van der Waals surface area (Å²) in [4.78, 5) is 29.0. The molecule has 0 saturated carbocycles. The standard InChI is InChI=1S/C31H38FN3O6S/c1-5-6-18-33-31(37)28(19-23-12-8-7-9-13-23)34(21-24-14-10-11-15-26(24)32)30(36)22-35(42(4,38)39)27-17-16-25(40-2)20-29(27)41-3/h7-17,20,28H,5-6,18-19,21-22H2,1-4H3,(H,33,37). The lowest BCUT2D eigenvalue weighted by atomic mass is 10.0. The maximum absolute atomic E-state index is 14.9. The number of halogens is 1. The molecule has 0 aromatic heterocycles. The summed E-state index contributed by atoms with van der Waals surface area (Å²) in [6.45, 7) is 1.50. The molecule has 0 bridgehead atoms. The number of methoxy groups -OCH3 is 2. The van der Waals surface area contributed by atoms with Crippen LogP contribution in [0, 0.1) is 5.82 Å². The van der Waals surface area contributed by atoms with Gasteiger partial charge >= 0.3 is 0 Å². The topological polar surface area (TPSA) is 105 Å². The van der Waals surface area contributed by atoms with Crippen molar-refractivity contribution in [3.63, 3.8) is 0 Å². The number of amides is 2. The highest BCUT2D eigenvalue weighted by Gasteiger charge is 2.34. The van der Waals surface area contributed by atoms with Crippen LogP contribution in [0.15, 0.2) is 72.8 Å². The van der Waals surface area contributed by atoms with Crippen LogP contribution < -0.4 is 19.1 Å². The Hall–Kier alpha value is -4.12. The Morgan fingerprint density at radius 3 is 2.29 bits per heavy atom. The van der Waals surface area contributed by atoms with Gasteiger partial charge in [0.1, 0.15) is 29.9 Å². The smallest absolute Gasteiger partial charge is 0.244 e. The summed E-state index contributed by atoms with van der Waals surface area (Å²) in [5, 5.41) is 2.89. The van der Waals surface area contributed by atoms with Gasteiger partial charge in [-0.2, -0.15) is 0 Å². The Balaban J connectivity index is 2.08. The number of nitrogens with zero attached hydrogens (tertiary/aromatic N) is 2. The van der Waals surface area contributed by atoms with Gasteiger partial charge in [0, 0.05) is 31.1 Å². The molecule has 1 atom stereocenters. The Labute approximate surface area is 247 Å². The molecular weight excluding hydrogens is 561 g/mol. The highest BCUT2D eigenvalue weighted by molar-refractivity contribution is 7.92. The van der Waals surface area contributed by atoms with Gasteiger partial charge < -0.3 is 19.7 Å². The van der Waals surface area contributed by atoms with Crippen LogP contribution in [-0.4, -0.2) is 64.7 Å². The third-order valence-corrected chi connectivity index (χ3v) is 7.86. The van der Waals surface area contributed by atoms with Gasteiger partial charge in [0.25, 0.3) is 0 Å². The normalized spacial score (nSPS) is 11.8. The van der Waals surface area contributed by atoms with Crippen LogP contribution in [0.25, 0.3) is 0 Å². The van der Waals surface area contributed by atoms with E-state index in [0.717, 1.165) is 29.0 Å². The molecule has 0 aliphatic rings. The van der Waals surface area contributed by atoms with Crippen molar-refractivity contribution in [1.82, 2.24) is 10.2 Å². The first kappa shape index (κ1) is 32.4. The minimum atomic E-state index is -4.01. The maximum atomic E-state index is 14.9. The average Bonchev–Trinajstić information content (AvgIpc) is 2.98. The average molecular weight is 600 g/mol. The van der Waals surface area contributed by atoms with E-state index in [2.05, 4.69) is 5.32 Å².